The molecule has 0 aromatic heterocycles. The first kappa shape index (κ1) is 35.0. The SMILES string of the molecule is CCCCNC(=O)[C@@H](Cc1ccccc1)N(Cc1c(Cl)cccc1Cl)C(=O)CN(c1cccc(C)c1)S(=O)(=O)c1ccc(C)cc1. The number of anilines is 1. The highest BCUT2D eigenvalue weighted by Crippen LogP contribution is 2.29. The fourth-order valence-corrected chi connectivity index (χ4v) is 6.99. The molecule has 0 radical (unpaired) electrons. The lowest BCUT2D eigenvalue weighted by Crippen LogP contribution is -2.53. The molecule has 242 valence electrons. The summed E-state index contributed by atoms with van der Waals surface area (Å²) >= 11 is 13.2. The zero-order valence-electron chi connectivity index (χ0n) is 26.2. The quantitative estimate of drug-likeness (QED) is 0.141. The Labute approximate surface area is 282 Å². The zero-order chi connectivity index (χ0) is 33.3. The van der Waals surface area contributed by atoms with Gasteiger partial charge in [0.15, 0.2) is 0 Å². The Balaban J connectivity index is 1.82. The number of carbonyl (C=O) groups is 2. The number of unbranched alkanes of at least 4 members (excludes halogenated alkanes) is 1. The topological polar surface area (TPSA) is 86.8 Å². The third-order valence-electron chi connectivity index (χ3n) is 7.67. The van der Waals surface area contributed by atoms with Crippen molar-refractivity contribution in [1.82, 2.24) is 10.2 Å². The van der Waals surface area contributed by atoms with Crippen molar-refractivity contribution in [3.8, 4) is 0 Å². The van der Waals surface area contributed by atoms with Crippen LogP contribution < -0.4 is 9.62 Å². The third kappa shape index (κ3) is 8.90. The lowest BCUT2D eigenvalue weighted by atomic mass is 10.0. The van der Waals surface area contributed by atoms with Gasteiger partial charge in [-0.3, -0.25) is 13.9 Å². The summed E-state index contributed by atoms with van der Waals surface area (Å²) in [5.41, 5.74) is 3.35. The largest absolute Gasteiger partial charge is 0.354 e. The number of sulfonamides is 1. The van der Waals surface area contributed by atoms with Gasteiger partial charge in [0.05, 0.1) is 10.6 Å². The van der Waals surface area contributed by atoms with E-state index in [0.717, 1.165) is 33.8 Å². The number of hydrogen-bond acceptors (Lipinski definition) is 4. The number of halogens is 2. The molecule has 0 aliphatic heterocycles. The minimum Gasteiger partial charge on any atom is -0.354 e. The lowest BCUT2D eigenvalue weighted by molar-refractivity contribution is -0.140. The molecule has 7 nitrogen and oxygen atoms in total. The average Bonchev–Trinajstić information content (AvgIpc) is 3.03. The number of benzene rings is 4. The van der Waals surface area contributed by atoms with E-state index in [1.165, 1.54) is 17.0 Å². The normalized spacial score (nSPS) is 11.9. The van der Waals surface area contributed by atoms with Crippen LogP contribution in [0, 0.1) is 13.8 Å². The van der Waals surface area contributed by atoms with Crippen LogP contribution in [0.1, 0.15) is 42.0 Å². The number of amides is 2. The van der Waals surface area contributed by atoms with Gasteiger partial charge in [-0.1, -0.05) is 103 Å². The van der Waals surface area contributed by atoms with E-state index in [2.05, 4.69) is 5.32 Å². The Morgan fingerprint density at radius 1 is 0.826 bits per heavy atom. The predicted octanol–water partition coefficient (Wildman–Crippen LogP) is 7.36. The summed E-state index contributed by atoms with van der Waals surface area (Å²) in [5.74, 6) is -0.933. The highest BCUT2D eigenvalue weighted by atomic mass is 35.5. The van der Waals surface area contributed by atoms with Gasteiger partial charge in [0.1, 0.15) is 12.6 Å². The van der Waals surface area contributed by atoms with Crippen molar-refractivity contribution < 1.29 is 18.0 Å². The van der Waals surface area contributed by atoms with E-state index in [9.17, 15) is 18.0 Å². The molecule has 10 heteroatoms. The minimum absolute atomic E-state index is 0.0475. The van der Waals surface area contributed by atoms with Crippen molar-refractivity contribution in [2.75, 3.05) is 17.4 Å². The summed E-state index contributed by atoms with van der Waals surface area (Å²) in [6.07, 6.45) is 1.84. The van der Waals surface area contributed by atoms with E-state index in [4.69, 9.17) is 23.2 Å². The van der Waals surface area contributed by atoms with Crippen LogP contribution in [0.2, 0.25) is 10.0 Å². The maximum atomic E-state index is 14.6. The molecule has 0 unspecified atom stereocenters. The first-order valence-electron chi connectivity index (χ1n) is 15.2. The molecule has 0 bridgehead atoms. The Morgan fingerprint density at radius 2 is 1.48 bits per heavy atom. The van der Waals surface area contributed by atoms with Crippen LogP contribution in [0.15, 0.2) is 102 Å². The molecule has 4 rings (SSSR count). The molecule has 2 amide bonds. The third-order valence-corrected chi connectivity index (χ3v) is 10.2. The first-order chi connectivity index (χ1) is 22.0. The van der Waals surface area contributed by atoms with Crippen LogP contribution in [0.3, 0.4) is 0 Å². The summed E-state index contributed by atoms with van der Waals surface area (Å²) in [5, 5.41) is 3.64. The van der Waals surface area contributed by atoms with Crippen LogP contribution in [-0.2, 0) is 32.6 Å². The second-order valence-electron chi connectivity index (χ2n) is 11.2. The van der Waals surface area contributed by atoms with E-state index in [0.29, 0.717) is 27.8 Å². The predicted molar refractivity (Wildman–Crippen MR) is 186 cm³/mol. The van der Waals surface area contributed by atoms with Crippen LogP contribution >= 0.6 is 23.2 Å². The Hall–Kier alpha value is -3.85. The first-order valence-corrected chi connectivity index (χ1v) is 17.4. The standard InChI is InChI=1S/C36H39Cl2N3O4S/c1-4-5-21-39-36(43)34(23-28-12-7-6-8-13-28)40(24-31-32(37)15-10-16-33(31)38)35(42)25-41(29-14-9-11-27(3)22-29)46(44,45)30-19-17-26(2)18-20-30/h6-20,22,34H,4-5,21,23-25H2,1-3H3,(H,39,43)/t34-/m1/s1. The van der Waals surface area contributed by atoms with Crippen LogP contribution in [0.5, 0.6) is 0 Å². The highest BCUT2D eigenvalue weighted by molar-refractivity contribution is 7.92. The molecule has 0 heterocycles. The van der Waals surface area contributed by atoms with Gasteiger partial charge < -0.3 is 10.2 Å². The molecule has 1 atom stereocenters. The molecule has 46 heavy (non-hydrogen) atoms. The summed E-state index contributed by atoms with van der Waals surface area (Å²) in [6, 6.07) is 26.9. The van der Waals surface area contributed by atoms with E-state index in [1.54, 1.807) is 48.5 Å². The summed E-state index contributed by atoms with van der Waals surface area (Å²) < 4.78 is 29.5. The molecule has 4 aromatic carbocycles. The zero-order valence-corrected chi connectivity index (χ0v) is 28.6. The van der Waals surface area contributed by atoms with Crippen LogP contribution in [0.25, 0.3) is 0 Å². The van der Waals surface area contributed by atoms with Gasteiger partial charge in [-0.25, -0.2) is 8.42 Å². The number of hydrogen-bond donors (Lipinski definition) is 1. The summed E-state index contributed by atoms with van der Waals surface area (Å²) in [4.78, 5) is 29.9. The maximum Gasteiger partial charge on any atom is 0.264 e. The van der Waals surface area contributed by atoms with Crippen molar-refractivity contribution in [1.29, 1.82) is 0 Å². The molecular formula is C36H39Cl2N3O4S. The maximum absolute atomic E-state index is 14.6. The molecule has 0 saturated carbocycles. The Morgan fingerprint density at radius 3 is 2.11 bits per heavy atom. The van der Waals surface area contributed by atoms with E-state index in [-0.39, 0.29) is 23.8 Å². The van der Waals surface area contributed by atoms with Crippen molar-refractivity contribution in [3.05, 3.63) is 129 Å². The van der Waals surface area contributed by atoms with Gasteiger partial charge >= 0.3 is 0 Å². The molecule has 0 spiro atoms. The van der Waals surface area contributed by atoms with E-state index in [1.807, 2.05) is 57.2 Å². The van der Waals surface area contributed by atoms with Gasteiger partial charge in [0.25, 0.3) is 10.0 Å². The van der Waals surface area contributed by atoms with Gasteiger partial charge in [-0.05, 0) is 67.8 Å². The second kappa shape index (κ2) is 16.1. The second-order valence-corrected chi connectivity index (χ2v) is 13.9. The number of carbonyl (C=O) groups excluding carboxylic acids is 2. The molecule has 1 N–H and O–H groups in total. The Bertz CT molecular complexity index is 1730. The molecule has 4 aromatic rings. The summed E-state index contributed by atoms with van der Waals surface area (Å²) in [6.45, 7) is 5.51. The molecule has 0 aliphatic carbocycles. The van der Waals surface area contributed by atoms with Crippen molar-refractivity contribution in [3.63, 3.8) is 0 Å². The van der Waals surface area contributed by atoms with Crippen LogP contribution in [0.4, 0.5) is 5.69 Å². The lowest BCUT2D eigenvalue weighted by Gasteiger charge is -2.34. The van der Waals surface area contributed by atoms with Crippen molar-refractivity contribution in [2.45, 2.75) is 57.5 Å². The van der Waals surface area contributed by atoms with Gasteiger partial charge in [-0.15, -0.1) is 0 Å². The average molecular weight is 681 g/mol. The van der Waals surface area contributed by atoms with Gasteiger partial charge in [-0.2, -0.15) is 0 Å². The molecule has 0 saturated heterocycles. The van der Waals surface area contributed by atoms with Crippen LogP contribution in [-0.4, -0.2) is 44.3 Å². The van der Waals surface area contributed by atoms with E-state index >= 15 is 0 Å². The number of rotatable bonds is 14. The van der Waals surface area contributed by atoms with E-state index < -0.39 is 28.5 Å². The highest BCUT2D eigenvalue weighted by Gasteiger charge is 2.35. The number of nitrogens with one attached hydrogen (secondary N) is 1. The summed E-state index contributed by atoms with van der Waals surface area (Å²) in [7, 11) is -4.19. The monoisotopic (exact) mass is 679 g/mol. The minimum atomic E-state index is -4.19. The molecule has 0 fully saturated rings. The van der Waals surface area contributed by atoms with Gasteiger partial charge in [0, 0.05) is 35.1 Å². The Kier molecular flexibility index (Phi) is 12.3. The van der Waals surface area contributed by atoms with Crippen molar-refractivity contribution in [2.24, 2.45) is 0 Å². The fourth-order valence-electron chi connectivity index (χ4n) is 5.06. The molecular weight excluding hydrogens is 641 g/mol. The smallest absolute Gasteiger partial charge is 0.264 e. The molecule has 0 aliphatic rings. The van der Waals surface area contributed by atoms with Gasteiger partial charge in [0.2, 0.25) is 11.8 Å². The fraction of sp³-hybridized carbons (Fsp3) is 0.278. The van der Waals surface area contributed by atoms with Crippen molar-refractivity contribution >= 4 is 50.7 Å². The number of nitrogens with zero attached hydrogens (tertiary/aromatic N) is 2. The number of aryl methyl sites for hydroxylation is 2.